The second-order valence-electron chi connectivity index (χ2n) is 4.56. The molecule has 0 unspecified atom stereocenters. The lowest BCUT2D eigenvalue weighted by atomic mass is 10.2. The lowest BCUT2D eigenvalue weighted by Gasteiger charge is -2.12. The maximum Gasteiger partial charge on any atom is 0.422 e. The van der Waals surface area contributed by atoms with Gasteiger partial charge in [0.2, 0.25) is 5.88 Å². The molecule has 0 bridgehead atoms. The van der Waals surface area contributed by atoms with Gasteiger partial charge in [0.15, 0.2) is 6.61 Å². The number of hydrogen-bond acceptors (Lipinski definition) is 5. The van der Waals surface area contributed by atoms with Crippen LogP contribution in [0.15, 0.2) is 35.1 Å². The Balaban J connectivity index is 1.98. The van der Waals surface area contributed by atoms with Crippen molar-refractivity contribution in [2.75, 3.05) is 6.61 Å². The quantitative estimate of drug-likeness (QED) is 0.846. The Morgan fingerprint density at radius 3 is 2.87 bits per heavy atom. The van der Waals surface area contributed by atoms with Crippen molar-refractivity contribution < 1.29 is 27.1 Å². The van der Waals surface area contributed by atoms with Crippen LogP contribution in [-0.4, -0.2) is 23.7 Å². The van der Waals surface area contributed by atoms with E-state index in [9.17, 15) is 18.0 Å². The fraction of sp³-hybridized carbons (Fsp3) is 0.286. The van der Waals surface area contributed by atoms with Crippen molar-refractivity contribution >= 4 is 5.91 Å². The average Bonchev–Trinajstić information content (AvgIpc) is 2.99. The van der Waals surface area contributed by atoms with Crippen molar-refractivity contribution in [2.45, 2.75) is 19.3 Å². The Morgan fingerprint density at radius 2 is 2.22 bits per heavy atom. The minimum Gasteiger partial charge on any atom is -0.468 e. The summed E-state index contributed by atoms with van der Waals surface area (Å²) in [5.41, 5.74) is 5.97. The number of carbonyl (C=O) groups excluding carboxylic acids is 1. The van der Waals surface area contributed by atoms with Gasteiger partial charge in [-0.2, -0.15) is 13.2 Å². The Hall–Kier alpha value is -2.55. The number of pyridine rings is 1. The second kappa shape index (κ2) is 7.14. The summed E-state index contributed by atoms with van der Waals surface area (Å²) in [5, 5.41) is 2.55. The Bertz CT molecular complexity index is 671. The summed E-state index contributed by atoms with van der Waals surface area (Å²) in [7, 11) is 0. The van der Waals surface area contributed by atoms with Gasteiger partial charge in [-0.25, -0.2) is 4.98 Å². The lowest BCUT2D eigenvalue weighted by molar-refractivity contribution is -0.154. The molecule has 2 aromatic heterocycles. The van der Waals surface area contributed by atoms with Crippen LogP contribution in [-0.2, 0) is 13.1 Å². The molecule has 2 rings (SSSR count). The fourth-order valence-corrected chi connectivity index (χ4v) is 1.72. The monoisotopic (exact) mass is 329 g/mol. The highest BCUT2D eigenvalue weighted by atomic mass is 19.4. The van der Waals surface area contributed by atoms with E-state index in [0.717, 1.165) is 0 Å². The van der Waals surface area contributed by atoms with E-state index in [4.69, 9.17) is 10.2 Å². The van der Waals surface area contributed by atoms with Crippen LogP contribution in [0.2, 0.25) is 0 Å². The number of halogens is 3. The summed E-state index contributed by atoms with van der Waals surface area (Å²) in [5.74, 6) is -0.176. The van der Waals surface area contributed by atoms with Gasteiger partial charge in [-0.1, -0.05) is 6.07 Å². The molecular formula is C14H14F3N3O3. The average molecular weight is 329 g/mol. The molecule has 3 N–H and O–H groups in total. The number of furan rings is 1. The molecule has 0 saturated carbocycles. The van der Waals surface area contributed by atoms with E-state index in [1.807, 2.05) is 0 Å². The summed E-state index contributed by atoms with van der Waals surface area (Å²) < 4.78 is 46.3. The molecule has 9 heteroatoms. The van der Waals surface area contributed by atoms with E-state index >= 15 is 0 Å². The van der Waals surface area contributed by atoms with E-state index in [0.29, 0.717) is 11.3 Å². The van der Waals surface area contributed by atoms with E-state index in [1.165, 1.54) is 30.7 Å². The van der Waals surface area contributed by atoms with Gasteiger partial charge in [0.1, 0.15) is 12.0 Å². The number of aromatic nitrogens is 1. The number of nitrogens with zero attached hydrogens (tertiary/aromatic N) is 1. The third-order valence-corrected chi connectivity index (χ3v) is 2.78. The van der Waals surface area contributed by atoms with Gasteiger partial charge in [0, 0.05) is 18.3 Å². The predicted molar refractivity (Wildman–Crippen MR) is 73.6 cm³/mol. The van der Waals surface area contributed by atoms with Gasteiger partial charge in [0.25, 0.3) is 5.91 Å². The number of nitrogens with one attached hydrogen (secondary N) is 1. The second-order valence-corrected chi connectivity index (χ2v) is 4.56. The minimum absolute atomic E-state index is 0.0387. The zero-order valence-corrected chi connectivity index (χ0v) is 11.9. The molecule has 0 aliphatic heterocycles. The molecule has 0 aromatic carbocycles. The van der Waals surface area contributed by atoms with E-state index in [-0.39, 0.29) is 24.5 Å². The summed E-state index contributed by atoms with van der Waals surface area (Å²) in [6.07, 6.45) is -1.91. The minimum atomic E-state index is -4.46. The first-order chi connectivity index (χ1) is 10.9. The number of nitrogens with two attached hydrogens (primary N) is 1. The maximum absolute atomic E-state index is 12.2. The van der Waals surface area contributed by atoms with Crippen LogP contribution < -0.4 is 15.8 Å². The van der Waals surface area contributed by atoms with Crippen molar-refractivity contribution in [1.29, 1.82) is 0 Å². The van der Waals surface area contributed by atoms with Crippen LogP contribution in [0.4, 0.5) is 13.2 Å². The van der Waals surface area contributed by atoms with Gasteiger partial charge in [0.05, 0.1) is 12.1 Å². The normalized spacial score (nSPS) is 11.3. The van der Waals surface area contributed by atoms with Gasteiger partial charge in [-0.3, -0.25) is 4.79 Å². The third kappa shape index (κ3) is 4.99. The lowest BCUT2D eigenvalue weighted by Crippen LogP contribution is -2.24. The SMILES string of the molecule is NCc1cc(C(=O)NCc2cccnc2OCC(F)(F)F)co1. The molecule has 124 valence electrons. The first-order valence-electron chi connectivity index (χ1n) is 6.58. The van der Waals surface area contributed by atoms with Gasteiger partial charge in [-0.15, -0.1) is 0 Å². The van der Waals surface area contributed by atoms with E-state index in [2.05, 4.69) is 15.0 Å². The fourth-order valence-electron chi connectivity index (χ4n) is 1.72. The highest BCUT2D eigenvalue weighted by Crippen LogP contribution is 2.20. The van der Waals surface area contributed by atoms with Gasteiger partial charge >= 0.3 is 6.18 Å². The molecule has 0 fully saturated rings. The van der Waals surface area contributed by atoms with Gasteiger partial charge < -0.3 is 20.2 Å². The van der Waals surface area contributed by atoms with Gasteiger partial charge in [-0.05, 0) is 12.1 Å². The summed E-state index contributed by atoms with van der Waals surface area (Å²) in [6, 6.07) is 4.53. The molecule has 0 radical (unpaired) electrons. The molecule has 6 nitrogen and oxygen atoms in total. The molecular weight excluding hydrogens is 315 g/mol. The Morgan fingerprint density at radius 1 is 1.43 bits per heavy atom. The first kappa shape index (κ1) is 16.8. The molecule has 0 saturated heterocycles. The zero-order valence-electron chi connectivity index (χ0n) is 11.9. The van der Waals surface area contributed by atoms with Crippen LogP contribution in [0.5, 0.6) is 5.88 Å². The van der Waals surface area contributed by atoms with Crippen molar-refractivity contribution in [1.82, 2.24) is 10.3 Å². The van der Waals surface area contributed by atoms with Crippen LogP contribution in [0.25, 0.3) is 0 Å². The highest BCUT2D eigenvalue weighted by Gasteiger charge is 2.29. The maximum atomic E-state index is 12.2. The zero-order chi connectivity index (χ0) is 16.9. The molecule has 23 heavy (non-hydrogen) atoms. The summed E-state index contributed by atoms with van der Waals surface area (Å²) in [4.78, 5) is 15.7. The van der Waals surface area contributed by atoms with E-state index in [1.54, 1.807) is 0 Å². The number of carbonyl (C=O) groups is 1. The third-order valence-electron chi connectivity index (χ3n) is 2.78. The number of ether oxygens (including phenoxy) is 1. The Kier molecular flexibility index (Phi) is 5.22. The van der Waals surface area contributed by atoms with Crippen molar-refractivity contribution in [2.24, 2.45) is 5.73 Å². The first-order valence-corrected chi connectivity index (χ1v) is 6.58. The molecule has 0 aliphatic rings. The molecule has 2 aromatic rings. The van der Waals surface area contributed by atoms with E-state index < -0.39 is 18.7 Å². The topological polar surface area (TPSA) is 90.4 Å². The molecule has 1 amide bonds. The number of alkyl halides is 3. The summed E-state index contributed by atoms with van der Waals surface area (Å²) in [6.45, 7) is -1.33. The number of rotatable bonds is 6. The smallest absolute Gasteiger partial charge is 0.422 e. The van der Waals surface area contributed by atoms with Crippen LogP contribution in [0.3, 0.4) is 0 Å². The summed E-state index contributed by atoms with van der Waals surface area (Å²) >= 11 is 0. The van der Waals surface area contributed by atoms with Crippen molar-refractivity contribution in [3.8, 4) is 5.88 Å². The van der Waals surface area contributed by atoms with Crippen LogP contribution in [0, 0.1) is 0 Å². The molecule has 0 aliphatic carbocycles. The van der Waals surface area contributed by atoms with Crippen LogP contribution in [0.1, 0.15) is 21.7 Å². The Labute approximate surface area is 129 Å². The largest absolute Gasteiger partial charge is 0.468 e. The van der Waals surface area contributed by atoms with Crippen molar-refractivity contribution in [3.05, 3.63) is 47.5 Å². The van der Waals surface area contributed by atoms with Crippen molar-refractivity contribution in [3.63, 3.8) is 0 Å². The number of hydrogen-bond donors (Lipinski definition) is 2. The predicted octanol–water partition coefficient (Wildman–Crippen LogP) is 2.00. The van der Waals surface area contributed by atoms with Crippen LogP contribution >= 0.6 is 0 Å². The molecule has 0 spiro atoms. The molecule has 2 heterocycles. The molecule has 0 atom stereocenters. The number of amides is 1. The highest BCUT2D eigenvalue weighted by molar-refractivity contribution is 5.93. The standard InChI is InChI=1S/C14H14F3N3O3/c15-14(16,17)8-23-13-9(2-1-3-19-13)6-20-12(21)10-4-11(5-18)22-7-10/h1-4,7H,5-6,8,18H2,(H,20,21).